The van der Waals surface area contributed by atoms with Gasteiger partial charge in [0.2, 0.25) is 0 Å². The molecular weight excluding hydrogens is 336 g/mol. The maximum atomic E-state index is 5.82. The molecule has 5 nitrogen and oxygen atoms in total. The lowest BCUT2D eigenvalue weighted by Crippen LogP contribution is -2.24. The van der Waals surface area contributed by atoms with Gasteiger partial charge < -0.3 is 8.98 Å². The highest BCUT2D eigenvalue weighted by molar-refractivity contribution is 5.75. The molecule has 0 bridgehead atoms. The maximum Gasteiger partial charge on any atom is 0.124 e. The number of para-hydroxylation sites is 2. The molecule has 0 saturated carbocycles. The van der Waals surface area contributed by atoms with Crippen LogP contribution in [-0.2, 0) is 26.2 Å². The van der Waals surface area contributed by atoms with Crippen LogP contribution in [-0.4, -0.2) is 19.4 Å². The predicted molar refractivity (Wildman–Crippen MR) is 106 cm³/mol. The van der Waals surface area contributed by atoms with Crippen LogP contribution in [0.1, 0.15) is 30.0 Å². The summed E-state index contributed by atoms with van der Waals surface area (Å²) in [4.78, 5) is 11.7. The van der Waals surface area contributed by atoms with Gasteiger partial charge in [-0.15, -0.1) is 0 Å². The van der Waals surface area contributed by atoms with Gasteiger partial charge in [0.1, 0.15) is 17.3 Å². The number of rotatable bonds is 7. The van der Waals surface area contributed by atoms with Gasteiger partial charge in [0.25, 0.3) is 0 Å². The molecule has 0 atom stereocenters. The number of hydrogen-bond donors (Lipinski definition) is 0. The first-order valence-electron chi connectivity index (χ1n) is 9.34. The molecule has 138 valence electrons. The van der Waals surface area contributed by atoms with E-state index in [0.29, 0.717) is 0 Å². The average molecular weight is 360 g/mol. The quantitative estimate of drug-likeness (QED) is 0.485. The first kappa shape index (κ1) is 17.5. The van der Waals surface area contributed by atoms with Gasteiger partial charge in [-0.1, -0.05) is 18.2 Å². The van der Waals surface area contributed by atoms with Crippen LogP contribution in [0.25, 0.3) is 11.0 Å². The molecule has 0 N–H and O–H groups in total. The van der Waals surface area contributed by atoms with E-state index in [-0.39, 0.29) is 0 Å². The zero-order valence-electron chi connectivity index (χ0n) is 15.8. The zero-order chi connectivity index (χ0) is 18.6. The topological polar surface area (TPSA) is 47.1 Å². The predicted octanol–water partition coefficient (Wildman–Crippen LogP) is 4.56. The highest BCUT2D eigenvalue weighted by atomic mass is 16.3. The second-order valence-electron chi connectivity index (χ2n) is 6.74. The lowest BCUT2D eigenvalue weighted by atomic mass is 10.3. The number of furan rings is 1. The molecule has 0 radical (unpaired) electrons. The summed E-state index contributed by atoms with van der Waals surface area (Å²) in [7, 11) is 0. The maximum absolute atomic E-state index is 5.82. The molecule has 0 aliphatic rings. The Labute approximate surface area is 159 Å². The molecule has 4 rings (SSSR count). The Balaban J connectivity index is 1.64. The number of aromatic nitrogens is 3. The molecule has 0 unspecified atom stereocenters. The molecule has 0 fully saturated rings. The van der Waals surface area contributed by atoms with E-state index < -0.39 is 0 Å². The number of fused-ring (bicyclic) bond motifs is 1. The van der Waals surface area contributed by atoms with Gasteiger partial charge in [0.05, 0.1) is 29.8 Å². The number of pyridine rings is 1. The van der Waals surface area contributed by atoms with Crippen LogP contribution in [0.5, 0.6) is 0 Å². The van der Waals surface area contributed by atoms with Gasteiger partial charge in [0, 0.05) is 19.3 Å². The van der Waals surface area contributed by atoms with Crippen molar-refractivity contribution in [2.75, 3.05) is 0 Å². The zero-order valence-corrected chi connectivity index (χ0v) is 15.8. The van der Waals surface area contributed by atoms with Gasteiger partial charge in [-0.05, 0) is 50.2 Å². The fourth-order valence-corrected chi connectivity index (χ4v) is 3.48. The van der Waals surface area contributed by atoms with E-state index in [4.69, 9.17) is 9.40 Å². The Kier molecular flexibility index (Phi) is 5.03. The number of nitrogens with zero attached hydrogens (tertiary/aromatic N) is 4. The molecule has 0 amide bonds. The van der Waals surface area contributed by atoms with Crippen molar-refractivity contribution in [3.05, 3.63) is 83.8 Å². The minimum absolute atomic E-state index is 0.720. The minimum atomic E-state index is 0.720. The molecule has 0 saturated heterocycles. The summed E-state index contributed by atoms with van der Waals surface area (Å²) in [5.74, 6) is 2.96. The van der Waals surface area contributed by atoms with Crippen molar-refractivity contribution in [2.24, 2.45) is 0 Å². The molecule has 3 heterocycles. The Morgan fingerprint density at radius 3 is 2.56 bits per heavy atom. The van der Waals surface area contributed by atoms with Crippen molar-refractivity contribution in [2.45, 2.75) is 40.0 Å². The monoisotopic (exact) mass is 360 g/mol. The third-order valence-electron chi connectivity index (χ3n) is 4.70. The molecular formula is C22H24N4O. The summed E-state index contributed by atoms with van der Waals surface area (Å²) in [6, 6.07) is 18.4. The molecule has 0 aliphatic heterocycles. The second kappa shape index (κ2) is 7.76. The van der Waals surface area contributed by atoms with E-state index in [9.17, 15) is 0 Å². The van der Waals surface area contributed by atoms with Gasteiger partial charge >= 0.3 is 0 Å². The normalized spacial score (nSPS) is 11.5. The van der Waals surface area contributed by atoms with E-state index in [1.807, 2.05) is 43.5 Å². The largest absolute Gasteiger partial charge is 0.465 e. The van der Waals surface area contributed by atoms with Gasteiger partial charge in [-0.2, -0.15) is 0 Å². The summed E-state index contributed by atoms with van der Waals surface area (Å²) >= 11 is 0. The SMILES string of the molecule is CCn1c(CN(Cc2ccccn2)Cc2ccc(C)o2)nc2ccccc21. The van der Waals surface area contributed by atoms with Crippen LogP contribution in [0.3, 0.4) is 0 Å². The van der Waals surface area contributed by atoms with E-state index >= 15 is 0 Å². The van der Waals surface area contributed by atoms with Crippen molar-refractivity contribution < 1.29 is 4.42 Å². The molecule has 0 spiro atoms. The Morgan fingerprint density at radius 1 is 0.963 bits per heavy atom. The first-order chi connectivity index (χ1) is 13.2. The van der Waals surface area contributed by atoms with Crippen LogP contribution in [0.4, 0.5) is 0 Å². The fraction of sp³-hybridized carbons (Fsp3) is 0.273. The number of hydrogen-bond acceptors (Lipinski definition) is 4. The third kappa shape index (κ3) is 3.93. The van der Waals surface area contributed by atoms with Crippen LogP contribution in [0.2, 0.25) is 0 Å². The highest BCUT2D eigenvalue weighted by Gasteiger charge is 2.16. The van der Waals surface area contributed by atoms with Crippen molar-refractivity contribution in [3.8, 4) is 0 Å². The van der Waals surface area contributed by atoms with Crippen molar-refractivity contribution in [1.29, 1.82) is 0 Å². The van der Waals surface area contributed by atoms with Crippen molar-refractivity contribution >= 4 is 11.0 Å². The molecule has 27 heavy (non-hydrogen) atoms. The van der Waals surface area contributed by atoms with Gasteiger partial charge in [0.15, 0.2) is 0 Å². The molecule has 0 aliphatic carbocycles. The van der Waals surface area contributed by atoms with E-state index in [0.717, 1.165) is 54.7 Å². The van der Waals surface area contributed by atoms with Crippen LogP contribution >= 0.6 is 0 Å². The molecule has 5 heteroatoms. The van der Waals surface area contributed by atoms with Crippen LogP contribution in [0.15, 0.2) is 65.2 Å². The Hall–Kier alpha value is -2.92. The van der Waals surface area contributed by atoms with Crippen LogP contribution in [0, 0.1) is 6.92 Å². The van der Waals surface area contributed by atoms with Crippen LogP contribution < -0.4 is 0 Å². The molecule has 4 aromatic rings. The Bertz CT molecular complexity index is 1020. The van der Waals surface area contributed by atoms with Gasteiger partial charge in [-0.3, -0.25) is 9.88 Å². The summed E-state index contributed by atoms with van der Waals surface area (Å²) in [6.45, 7) is 7.23. The molecule has 1 aromatic carbocycles. The minimum Gasteiger partial charge on any atom is -0.465 e. The summed E-state index contributed by atoms with van der Waals surface area (Å²) < 4.78 is 8.10. The number of benzene rings is 1. The fourth-order valence-electron chi connectivity index (χ4n) is 3.48. The third-order valence-corrected chi connectivity index (χ3v) is 4.70. The first-order valence-corrected chi connectivity index (χ1v) is 9.34. The van der Waals surface area contributed by atoms with Crippen molar-refractivity contribution in [3.63, 3.8) is 0 Å². The lowest BCUT2D eigenvalue weighted by Gasteiger charge is -2.21. The van der Waals surface area contributed by atoms with E-state index in [1.165, 1.54) is 5.52 Å². The smallest absolute Gasteiger partial charge is 0.124 e. The summed E-state index contributed by atoms with van der Waals surface area (Å²) in [5, 5.41) is 0. The van der Waals surface area contributed by atoms with Gasteiger partial charge in [-0.25, -0.2) is 4.98 Å². The number of imidazole rings is 1. The summed E-state index contributed by atoms with van der Waals surface area (Å²) in [6.07, 6.45) is 1.84. The average Bonchev–Trinajstić information content (AvgIpc) is 3.24. The highest BCUT2D eigenvalue weighted by Crippen LogP contribution is 2.20. The lowest BCUT2D eigenvalue weighted by molar-refractivity contribution is 0.215. The van der Waals surface area contributed by atoms with E-state index in [2.05, 4.69) is 45.6 Å². The Morgan fingerprint density at radius 2 is 1.81 bits per heavy atom. The van der Waals surface area contributed by atoms with E-state index in [1.54, 1.807) is 0 Å². The standard InChI is InChI=1S/C22H24N4O/c1-3-26-21-10-5-4-9-20(21)24-22(26)16-25(14-18-8-6-7-13-23-18)15-19-12-11-17(2)27-19/h4-13H,3,14-16H2,1-2H3. The number of aryl methyl sites for hydroxylation is 2. The second-order valence-corrected chi connectivity index (χ2v) is 6.74. The van der Waals surface area contributed by atoms with Crippen molar-refractivity contribution in [1.82, 2.24) is 19.4 Å². The summed E-state index contributed by atoms with van der Waals surface area (Å²) in [5.41, 5.74) is 3.27. The molecule has 3 aromatic heterocycles.